The highest BCUT2D eigenvalue weighted by Crippen LogP contribution is 2.40. The van der Waals surface area contributed by atoms with Gasteiger partial charge in [0, 0.05) is 17.6 Å². The molecule has 156 valence electrons. The van der Waals surface area contributed by atoms with E-state index in [0.29, 0.717) is 23.2 Å². The standard InChI is InChI=1S/C21H22N4O5/c26-20-14-3-1-2-4-15(14)24(21(27)25(20)13-6-7-13)10-18-22-19(23-30-18)12-5-8-16-17(9-12)29-11-28-16/h5,8-9,13-15H,1-4,6-7,10-11H2. The van der Waals surface area contributed by atoms with E-state index in [1.807, 2.05) is 18.2 Å². The summed E-state index contributed by atoms with van der Waals surface area (Å²) >= 11 is 0. The second-order valence-electron chi connectivity index (χ2n) is 8.39. The summed E-state index contributed by atoms with van der Waals surface area (Å²) in [6, 6.07) is 5.23. The van der Waals surface area contributed by atoms with Gasteiger partial charge in [0.05, 0.1) is 5.92 Å². The fourth-order valence-corrected chi connectivity index (χ4v) is 4.80. The molecular formula is C21H22N4O5. The van der Waals surface area contributed by atoms with Gasteiger partial charge in [-0.1, -0.05) is 18.0 Å². The van der Waals surface area contributed by atoms with Crippen LogP contribution in [0.25, 0.3) is 11.4 Å². The van der Waals surface area contributed by atoms with Gasteiger partial charge in [-0.2, -0.15) is 4.98 Å². The fourth-order valence-electron chi connectivity index (χ4n) is 4.80. The lowest BCUT2D eigenvalue weighted by molar-refractivity contribution is -0.141. The molecule has 0 N–H and O–H groups in total. The first-order valence-corrected chi connectivity index (χ1v) is 10.6. The van der Waals surface area contributed by atoms with Crippen LogP contribution in [-0.4, -0.2) is 50.8 Å². The maximum atomic E-state index is 13.2. The Morgan fingerprint density at radius 3 is 2.73 bits per heavy atom. The molecule has 2 unspecified atom stereocenters. The van der Waals surface area contributed by atoms with Crippen molar-refractivity contribution in [2.45, 2.75) is 57.2 Å². The molecule has 30 heavy (non-hydrogen) atoms. The number of amides is 3. The van der Waals surface area contributed by atoms with Crippen LogP contribution >= 0.6 is 0 Å². The first-order valence-electron chi connectivity index (χ1n) is 10.6. The zero-order valence-electron chi connectivity index (χ0n) is 16.5. The SMILES string of the molecule is O=C1C2CCCCC2N(Cc2nc(-c3ccc4c(c3)OCO4)no2)C(=O)N1C1CC1. The smallest absolute Gasteiger partial charge is 0.327 e. The number of hydrogen-bond acceptors (Lipinski definition) is 7. The Bertz CT molecular complexity index is 1020. The molecule has 2 aromatic rings. The van der Waals surface area contributed by atoms with Gasteiger partial charge in [0.2, 0.25) is 24.4 Å². The van der Waals surface area contributed by atoms with Crippen LogP contribution in [0.4, 0.5) is 4.79 Å². The van der Waals surface area contributed by atoms with Crippen molar-refractivity contribution in [1.29, 1.82) is 0 Å². The quantitative estimate of drug-likeness (QED) is 0.764. The predicted molar refractivity (Wildman–Crippen MR) is 102 cm³/mol. The topological polar surface area (TPSA) is 98.0 Å². The number of urea groups is 1. The van der Waals surface area contributed by atoms with E-state index < -0.39 is 0 Å². The van der Waals surface area contributed by atoms with Gasteiger partial charge < -0.3 is 18.9 Å². The first-order chi connectivity index (χ1) is 14.7. The monoisotopic (exact) mass is 410 g/mol. The van der Waals surface area contributed by atoms with Crippen LogP contribution < -0.4 is 9.47 Å². The Hall–Kier alpha value is -3.10. The molecule has 9 heteroatoms. The number of carbonyl (C=O) groups excluding carboxylic acids is 2. The van der Waals surface area contributed by atoms with E-state index >= 15 is 0 Å². The molecule has 2 aliphatic carbocycles. The largest absolute Gasteiger partial charge is 0.454 e. The van der Waals surface area contributed by atoms with Crippen molar-refractivity contribution < 1.29 is 23.6 Å². The number of rotatable bonds is 4. The molecule has 3 amide bonds. The molecule has 2 saturated carbocycles. The summed E-state index contributed by atoms with van der Waals surface area (Å²) in [5.41, 5.74) is 0.754. The zero-order valence-corrected chi connectivity index (χ0v) is 16.5. The summed E-state index contributed by atoms with van der Waals surface area (Å²) < 4.78 is 16.2. The minimum Gasteiger partial charge on any atom is -0.454 e. The molecule has 3 fully saturated rings. The van der Waals surface area contributed by atoms with Crippen molar-refractivity contribution in [3.8, 4) is 22.9 Å². The number of nitrogens with zero attached hydrogens (tertiary/aromatic N) is 4. The molecule has 1 aromatic heterocycles. The molecule has 4 aliphatic rings. The highest BCUT2D eigenvalue weighted by molar-refractivity contribution is 5.99. The summed E-state index contributed by atoms with van der Waals surface area (Å²) in [5.74, 6) is 2.03. The van der Waals surface area contributed by atoms with E-state index in [1.165, 1.54) is 4.90 Å². The number of ether oxygens (including phenoxy) is 2. The molecule has 2 atom stereocenters. The highest BCUT2D eigenvalue weighted by atomic mass is 16.7. The zero-order chi connectivity index (χ0) is 20.2. The second kappa shape index (κ2) is 6.72. The summed E-state index contributed by atoms with van der Waals surface area (Å²) in [6.45, 7) is 0.417. The molecule has 0 spiro atoms. The third kappa shape index (κ3) is 2.83. The van der Waals surface area contributed by atoms with E-state index in [4.69, 9.17) is 14.0 Å². The first kappa shape index (κ1) is 17.7. The fraction of sp³-hybridized carbons (Fsp3) is 0.524. The normalized spacial score (nSPS) is 25.6. The lowest BCUT2D eigenvalue weighted by Crippen LogP contribution is -2.62. The molecule has 1 aromatic carbocycles. The molecule has 0 radical (unpaired) electrons. The van der Waals surface area contributed by atoms with Crippen LogP contribution in [-0.2, 0) is 11.3 Å². The third-order valence-electron chi connectivity index (χ3n) is 6.45. The predicted octanol–water partition coefficient (Wildman–Crippen LogP) is 2.95. The molecule has 9 nitrogen and oxygen atoms in total. The average molecular weight is 410 g/mol. The number of hydrogen-bond donors (Lipinski definition) is 0. The van der Waals surface area contributed by atoms with E-state index in [1.54, 1.807) is 4.90 Å². The van der Waals surface area contributed by atoms with Gasteiger partial charge in [-0.25, -0.2) is 4.79 Å². The van der Waals surface area contributed by atoms with Crippen LogP contribution in [0.3, 0.4) is 0 Å². The van der Waals surface area contributed by atoms with E-state index in [2.05, 4.69) is 10.1 Å². The highest BCUT2D eigenvalue weighted by Gasteiger charge is 2.51. The summed E-state index contributed by atoms with van der Waals surface area (Å²) in [4.78, 5) is 33.9. The van der Waals surface area contributed by atoms with Gasteiger partial charge in [-0.05, 0) is 43.9 Å². The van der Waals surface area contributed by atoms with E-state index in [0.717, 1.165) is 44.1 Å². The minimum absolute atomic E-state index is 0.00929. The van der Waals surface area contributed by atoms with E-state index in [9.17, 15) is 9.59 Å². The van der Waals surface area contributed by atoms with Crippen molar-refractivity contribution in [2.75, 3.05) is 6.79 Å². The van der Waals surface area contributed by atoms with Gasteiger partial charge in [-0.3, -0.25) is 9.69 Å². The van der Waals surface area contributed by atoms with Crippen molar-refractivity contribution in [3.63, 3.8) is 0 Å². The molecule has 6 rings (SSSR count). The molecule has 2 aliphatic heterocycles. The lowest BCUT2D eigenvalue weighted by Gasteiger charge is -2.46. The Balaban J connectivity index is 1.26. The minimum atomic E-state index is -0.214. The van der Waals surface area contributed by atoms with Crippen LogP contribution in [0.15, 0.2) is 22.7 Å². The lowest BCUT2D eigenvalue weighted by atomic mass is 9.81. The van der Waals surface area contributed by atoms with Crippen molar-refractivity contribution >= 4 is 11.9 Å². The number of aromatic nitrogens is 2. The Labute approximate surface area is 172 Å². The number of fused-ring (bicyclic) bond motifs is 2. The summed E-state index contributed by atoms with van der Waals surface area (Å²) in [7, 11) is 0. The second-order valence-corrected chi connectivity index (χ2v) is 8.39. The van der Waals surface area contributed by atoms with Gasteiger partial charge in [0.25, 0.3) is 0 Å². The van der Waals surface area contributed by atoms with Crippen LogP contribution in [0.2, 0.25) is 0 Å². The van der Waals surface area contributed by atoms with Crippen LogP contribution in [0.1, 0.15) is 44.4 Å². The van der Waals surface area contributed by atoms with Crippen LogP contribution in [0.5, 0.6) is 11.5 Å². The molecular weight excluding hydrogens is 388 g/mol. The van der Waals surface area contributed by atoms with Gasteiger partial charge >= 0.3 is 6.03 Å². The Morgan fingerprint density at radius 2 is 1.87 bits per heavy atom. The average Bonchev–Trinajstić information content (AvgIpc) is 3.29. The van der Waals surface area contributed by atoms with Crippen molar-refractivity contribution in [3.05, 3.63) is 24.1 Å². The number of carbonyl (C=O) groups is 2. The molecule has 3 heterocycles. The van der Waals surface area contributed by atoms with Gasteiger partial charge in [0.15, 0.2) is 11.5 Å². The van der Waals surface area contributed by atoms with Crippen molar-refractivity contribution in [1.82, 2.24) is 19.9 Å². The Morgan fingerprint density at radius 1 is 1.03 bits per heavy atom. The maximum Gasteiger partial charge on any atom is 0.327 e. The number of benzene rings is 1. The third-order valence-corrected chi connectivity index (χ3v) is 6.45. The van der Waals surface area contributed by atoms with E-state index in [-0.39, 0.29) is 43.3 Å². The van der Waals surface area contributed by atoms with Gasteiger partial charge in [0.1, 0.15) is 6.54 Å². The summed E-state index contributed by atoms with van der Waals surface area (Å²) in [5, 5.41) is 4.09. The Kier molecular flexibility index (Phi) is 3.97. The van der Waals surface area contributed by atoms with Crippen molar-refractivity contribution in [2.24, 2.45) is 5.92 Å². The molecule has 1 saturated heterocycles. The summed E-state index contributed by atoms with van der Waals surface area (Å²) in [6.07, 6.45) is 5.53. The number of imide groups is 1. The van der Waals surface area contributed by atoms with Gasteiger partial charge in [-0.15, -0.1) is 0 Å². The molecule has 0 bridgehead atoms. The van der Waals surface area contributed by atoms with Crippen LogP contribution in [0, 0.1) is 5.92 Å². The maximum absolute atomic E-state index is 13.2.